The van der Waals surface area contributed by atoms with E-state index >= 15 is 0 Å². The van der Waals surface area contributed by atoms with Crippen LogP contribution in [0.4, 0.5) is 0 Å². The Morgan fingerprint density at radius 3 is 2.50 bits per heavy atom. The highest BCUT2D eigenvalue weighted by molar-refractivity contribution is 7.52. The molecule has 1 aromatic carbocycles. The third kappa shape index (κ3) is 7.20. The van der Waals surface area contributed by atoms with Crippen LogP contribution in [0.25, 0.3) is 10.4 Å². The van der Waals surface area contributed by atoms with E-state index in [2.05, 4.69) is 15.1 Å². The third-order valence-electron chi connectivity index (χ3n) is 6.33. The summed E-state index contributed by atoms with van der Waals surface area (Å²) in [7, 11) is -3.18. The van der Waals surface area contributed by atoms with Crippen LogP contribution in [-0.2, 0) is 23.4 Å². The van der Waals surface area contributed by atoms with Gasteiger partial charge in [-0.2, -0.15) is 5.09 Å². The molecular weight excluding hydrogens is 579 g/mol. The predicted octanol–water partition coefficient (Wildman–Crippen LogP) is 1.72. The van der Waals surface area contributed by atoms with Crippen molar-refractivity contribution in [3.63, 3.8) is 0 Å². The lowest BCUT2D eigenvalue weighted by atomic mass is 9.98. The molecule has 17 nitrogen and oxygen atoms in total. The minimum absolute atomic E-state index is 0.0257. The standard InChI is InChI=1S/C24H33N6O11P/c1-5-12-23(3,21(34)38-6-2)28-42(36,41-16-9-7-15(37-4)8-10-16)39-14-24(27-29-25)19(33)18(32)20(40-24)30-13-11-17(31)26-22(30)35/h7-11,13,18-20,32-33H,5-6,12,14H2,1-4H3,(H,28,36)(H,26,31,35)/t18-,19+,20-,23+,24-,42?/m1/s1. The summed E-state index contributed by atoms with van der Waals surface area (Å²) in [6, 6.07) is 6.85. The number of nitrogens with one attached hydrogen (secondary N) is 2. The van der Waals surface area contributed by atoms with Crippen molar-refractivity contribution in [1.82, 2.24) is 14.6 Å². The fourth-order valence-electron chi connectivity index (χ4n) is 4.26. The monoisotopic (exact) mass is 612 g/mol. The maximum atomic E-state index is 14.2. The number of benzene rings is 1. The van der Waals surface area contributed by atoms with Crippen molar-refractivity contribution in [2.45, 2.75) is 63.3 Å². The van der Waals surface area contributed by atoms with Gasteiger partial charge < -0.3 is 28.9 Å². The normalized spacial score (nSPS) is 24.6. The van der Waals surface area contributed by atoms with Crippen molar-refractivity contribution in [2.75, 3.05) is 20.3 Å². The van der Waals surface area contributed by atoms with Gasteiger partial charge in [0, 0.05) is 17.2 Å². The van der Waals surface area contributed by atoms with E-state index in [1.807, 2.05) is 4.98 Å². The van der Waals surface area contributed by atoms with Crippen molar-refractivity contribution in [3.05, 3.63) is 67.8 Å². The summed E-state index contributed by atoms with van der Waals surface area (Å²) in [5.41, 5.74) is 3.52. The Hall–Kier alpha value is -3.69. The SMILES string of the molecule is CCC[C@](C)(NP(=O)(OC[C@@]1(N=[N+]=[N-])O[C@@H](n2ccc(=O)[nH]c2=O)[C@H](O)[C@@H]1O)Oc1ccc(OC)cc1)C(=O)OCC. The highest BCUT2D eigenvalue weighted by Gasteiger charge is 2.57. The molecule has 0 saturated carbocycles. The molecule has 6 atom stereocenters. The molecule has 1 aromatic heterocycles. The van der Waals surface area contributed by atoms with E-state index in [9.17, 15) is 34.7 Å². The number of aliphatic hydroxyl groups excluding tert-OH is 2. The quantitative estimate of drug-likeness (QED) is 0.0784. The van der Waals surface area contributed by atoms with Gasteiger partial charge in [-0.05, 0) is 50.1 Å². The zero-order chi connectivity index (χ0) is 31.1. The summed E-state index contributed by atoms with van der Waals surface area (Å²) in [5.74, 6) is -0.252. The molecule has 1 unspecified atom stereocenters. The Labute approximate surface area is 239 Å². The number of azide groups is 1. The van der Waals surface area contributed by atoms with Crippen LogP contribution in [0, 0.1) is 0 Å². The zero-order valence-corrected chi connectivity index (χ0v) is 24.2. The zero-order valence-electron chi connectivity index (χ0n) is 23.3. The Morgan fingerprint density at radius 1 is 1.26 bits per heavy atom. The van der Waals surface area contributed by atoms with Gasteiger partial charge >= 0.3 is 19.4 Å². The molecular formula is C24H33N6O11P. The van der Waals surface area contributed by atoms with Crippen LogP contribution in [0.5, 0.6) is 11.5 Å². The average Bonchev–Trinajstić information content (AvgIpc) is 3.18. The van der Waals surface area contributed by atoms with Gasteiger partial charge in [0.05, 0.1) is 20.3 Å². The first-order valence-corrected chi connectivity index (χ1v) is 14.4. The molecule has 4 N–H and O–H groups in total. The largest absolute Gasteiger partial charge is 0.497 e. The summed E-state index contributed by atoms with van der Waals surface area (Å²) < 4.78 is 42.2. The maximum Gasteiger partial charge on any atom is 0.459 e. The van der Waals surface area contributed by atoms with Gasteiger partial charge in [0.25, 0.3) is 5.56 Å². The molecule has 2 heterocycles. The molecule has 1 fully saturated rings. The molecule has 0 radical (unpaired) electrons. The van der Waals surface area contributed by atoms with Crippen molar-refractivity contribution in [3.8, 4) is 11.5 Å². The highest BCUT2D eigenvalue weighted by Crippen LogP contribution is 2.50. The molecule has 0 spiro atoms. The van der Waals surface area contributed by atoms with E-state index in [4.69, 9.17) is 23.3 Å². The summed E-state index contributed by atoms with van der Waals surface area (Å²) in [6.07, 6.45) is -3.94. The third-order valence-corrected chi connectivity index (χ3v) is 8.02. The number of aromatic nitrogens is 2. The number of carbonyl (C=O) groups excluding carboxylic acids is 1. The van der Waals surface area contributed by atoms with Crippen molar-refractivity contribution in [1.29, 1.82) is 0 Å². The number of carbonyl (C=O) groups is 1. The molecule has 0 aliphatic carbocycles. The number of hydrogen-bond acceptors (Lipinski definition) is 12. The Morgan fingerprint density at radius 2 is 1.93 bits per heavy atom. The molecule has 18 heteroatoms. The fraction of sp³-hybridized carbons (Fsp3) is 0.542. The van der Waals surface area contributed by atoms with Gasteiger partial charge in [-0.3, -0.25) is 23.7 Å². The molecule has 0 bridgehead atoms. The maximum absolute atomic E-state index is 14.2. The Balaban J connectivity index is 2.00. The summed E-state index contributed by atoms with van der Waals surface area (Å²) in [5, 5.41) is 27.7. The van der Waals surface area contributed by atoms with E-state index in [0.717, 1.165) is 16.8 Å². The van der Waals surface area contributed by atoms with Gasteiger partial charge in [0.15, 0.2) is 6.23 Å². The number of methoxy groups -OCH3 is 1. The van der Waals surface area contributed by atoms with Gasteiger partial charge in [0.2, 0.25) is 5.72 Å². The second kappa shape index (κ2) is 13.5. The number of nitrogens with zero attached hydrogens (tertiary/aromatic N) is 4. The second-order valence-corrected chi connectivity index (χ2v) is 11.1. The summed E-state index contributed by atoms with van der Waals surface area (Å²) in [4.78, 5) is 41.3. The average molecular weight is 613 g/mol. The summed E-state index contributed by atoms with van der Waals surface area (Å²) in [6.45, 7) is 3.87. The van der Waals surface area contributed by atoms with Crippen LogP contribution in [0.2, 0.25) is 0 Å². The fourth-order valence-corrected chi connectivity index (χ4v) is 5.98. The topological polar surface area (TPSA) is 236 Å². The van der Waals surface area contributed by atoms with Crippen LogP contribution >= 0.6 is 7.75 Å². The van der Waals surface area contributed by atoms with E-state index < -0.39 is 61.3 Å². The second-order valence-electron chi connectivity index (χ2n) is 9.45. The van der Waals surface area contributed by atoms with Crippen LogP contribution in [-0.4, -0.2) is 69.5 Å². The van der Waals surface area contributed by atoms with Crippen molar-refractivity contribution in [2.24, 2.45) is 5.11 Å². The first-order valence-electron chi connectivity index (χ1n) is 12.8. The molecule has 2 aromatic rings. The first-order chi connectivity index (χ1) is 19.9. The number of rotatable bonds is 14. The molecule has 0 amide bonds. The lowest BCUT2D eigenvalue weighted by Gasteiger charge is -2.34. The van der Waals surface area contributed by atoms with Gasteiger partial charge in [-0.25, -0.2) is 9.36 Å². The number of H-pyrrole nitrogens is 1. The Bertz CT molecular complexity index is 1460. The van der Waals surface area contributed by atoms with Crippen LogP contribution in [0.1, 0.15) is 39.8 Å². The smallest absolute Gasteiger partial charge is 0.459 e. The van der Waals surface area contributed by atoms with Crippen LogP contribution in [0.15, 0.2) is 51.2 Å². The lowest BCUT2D eigenvalue weighted by molar-refractivity contribution is -0.150. The minimum Gasteiger partial charge on any atom is -0.497 e. The Kier molecular flexibility index (Phi) is 10.6. The molecule has 3 rings (SSSR count). The van der Waals surface area contributed by atoms with Crippen LogP contribution < -0.4 is 25.6 Å². The number of ether oxygens (including phenoxy) is 3. The van der Waals surface area contributed by atoms with Crippen molar-refractivity contribution >= 4 is 13.7 Å². The summed E-state index contributed by atoms with van der Waals surface area (Å²) >= 11 is 0. The molecule has 1 aliphatic rings. The minimum atomic E-state index is -4.63. The van der Waals surface area contributed by atoms with Gasteiger partial charge in [-0.1, -0.05) is 18.5 Å². The number of aromatic amines is 1. The lowest BCUT2D eigenvalue weighted by Crippen LogP contribution is -2.50. The van der Waals surface area contributed by atoms with Crippen molar-refractivity contribution < 1.29 is 42.8 Å². The van der Waals surface area contributed by atoms with E-state index in [1.54, 1.807) is 13.8 Å². The molecule has 42 heavy (non-hydrogen) atoms. The molecule has 1 aliphatic heterocycles. The number of aliphatic hydroxyl groups is 2. The van der Waals surface area contributed by atoms with E-state index in [1.165, 1.54) is 38.3 Å². The predicted molar refractivity (Wildman–Crippen MR) is 146 cm³/mol. The van der Waals surface area contributed by atoms with Gasteiger partial charge in [0.1, 0.15) is 29.2 Å². The number of esters is 1. The molecule has 1 saturated heterocycles. The number of hydrogen-bond donors (Lipinski definition) is 4. The van der Waals surface area contributed by atoms with Gasteiger partial charge in [-0.15, -0.1) is 0 Å². The molecule has 230 valence electrons. The van der Waals surface area contributed by atoms with E-state index in [-0.39, 0.29) is 18.8 Å². The van der Waals surface area contributed by atoms with E-state index in [0.29, 0.717) is 12.2 Å². The highest BCUT2D eigenvalue weighted by atomic mass is 31.2. The van der Waals surface area contributed by atoms with Crippen LogP contribution in [0.3, 0.4) is 0 Å². The first kappa shape index (κ1) is 32.8.